The lowest BCUT2D eigenvalue weighted by atomic mass is 10.2. The molecule has 2 aromatic heterocycles. The van der Waals surface area contributed by atoms with E-state index in [0.717, 1.165) is 30.9 Å². The molecule has 0 spiro atoms. The van der Waals surface area contributed by atoms with Crippen molar-refractivity contribution in [1.82, 2.24) is 20.0 Å². The lowest BCUT2D eigenvalue weighted by Gasteiger charge is -2.16. The van der Waals surface area contributed by atoms with Crippen LogP contribution in [-0.4, -0.2) is 45.1 Å². The van der Waals surface area contributed by atoms with Gasteiger partial charge in [-0.25, -0.2) is 4.98 Å². The average molecular weight is 329 g/mol. The van der Waals surface area contributed by atoms with Gasteiger partial charge in [0.2, 0.25) is 5.91 Å². The number of hydrogen-bond donors (Lipinski definition) is 1. The molecule has 1 aliphatic heterocycles. The largest absolute Gasteiger partial charge is 0.365 e. The standard InChI is InChI=1S/C17H23N5O2/c1-4-15(23)22-8-6-13(10-22)19-14-9-12(5-7-18-14)17-20-16(11(2)3)21-24-17/h5,7,9,11,13H,4,6,8,10H2,1-3H3,(H,18,19). The van der Waals surface area contributed by atoms with Crippen molar-refractivity contribution in [2.45, 2.75) is 45.6 Å². The lowest BCUT2D eigenvalue weighted by molar-refractivity contribution is -0.129. The number of likely N-dealkylation sites (tertiary alicyclic amines) is 1. The van der Waals surface area contributed by atoms with Crippen molar-refractivity contribution < 1.29 is 9.32 Å². The highest BCUT2D eigenvalue weighted by atomic mass is 16.5. The Morgan fingerprint density at radius 3 is 3.04 bits per heavy atom. The number of amides is 1. The Balaban J connectivity index is 1.68. The van der Waals surface area contributed by atoms with Crippen LogP contribution in [0.1, 0.15) is 45.4 Å². The van der Waals surface area contributed by atoms with Gasteiger partial charge >= 0.3 is 0 Å². The van der Waals surface area contributed by atoms with Crippen molar-refractivity contribution in [3.63, 3.8) is 0 Å². The molecule has 3 heterocycles. The molecule has 1 N–H and O–H groups in total. The molecule has 0 aromatic carbocycles. The van der Waals surface area contributed by atoms with Gasteiger partial charge in [0.1, 0.15) is 5.82 Å². The molecule has 0 aliphatic carbocycles. The zero-order valence-corrected chi connectivity index (χ0v) is 14.3. The van der Waals surface area contributed by atoms with Gasteiger partial charge in [-0.05, 0) is 18.6 Å². The number of hydrogen-bond acceptors (Lipinski definition) is 6. The molecule has 0 saturated carbocycles. The van der Waals surface area contributed by atoms with Gasteiger partial charge in [-0.2, -0.15) is 4.98 Å². The molecule has 1 saturated heterocycles. The maximum atomic E-state index is 11.8. The SMILES string of the molecule is CCC(=O)N1CCC(Nc2cc(-c3nc(C(C)C)no3)ccn2)C1. The molecule has 1 unspecified atom stereocenters. The van der Waals surface area contributed by atoms with E-state index in [4.69, 9.17) is 4.52 Å². The van der Waals surface area contributed by atoms with Crippen molar-refractivity contribution in [3.8, 4) is 11.5 Å². The third kappa shape index (κ3) is 3.55. The quantitative estimate of drug-likeness (QED) is 0.908. The minimum absolute atomic E-state index is 0.202. The molecular weight excluding hydrogens is 306 g/mol. The molecule has 7 heteroatoms. The molecule has 0 bridgehead atoms. The predicted octanol–water partition coefficient (Wildman–Crippen LogP) is 2.68. The third-order valence-electron chi connectivity index (χ3n) is 4.16. The van der Waals surface area contributed by atoms with E-state index in [9.17, 15) is 4.79 Å². The van der Waals surface area contributed by atoms with Gasteiger partial charge < -0.3 is 14.7 Å². The minimum Gasteiger partial charge on any atom is -0.365 e. The van der Waals surface area contributed by atoms with E-state index < -0.39 is 0 Å². The van der Waals surface area contributed by atoms with Gasteiger partial charge in [0, 0.05) is 43.2 Å². The first kappa shape index (κ1) is 16.4. The van der Waals surface area contributed by atoms with Gasteiger partial charge in [-0.3, -0.25) is 4.79 Å². The fraction of sp³-hybridized carbons (Fsp3) is 0.529. The Bertz CT molecular complexity index is 713. The first-order valence-corrected chi connectivity index (χ1v) is 8.41. The third-order valence-corrected chi connectivity index (χ3v) is 4.16. The Morgan fingerprint density at radius 1 is 1.50 bits per heavy atom. The highest BCUT2D eigenvalue weighted by molar-refractivity contribution is 5.76. The van der Waals surface area contributed by atoms with Crippen LogP contribution in [-0.2, 0) is 4.79 Å². The van der Waals surface area contributed by atoms with Crippen LogP contribution < -0.4 is 5.32 Å². The second kappa shape index (κ2) is 6.98. The first-order chi connectivity index (χ1) is 11.6. The summed E-state index contributed by atoms with van der Waals surface area (Å²) in [4.78, 5) is 22.4. The van der Waals surface area contributed by atoms with E-state index in [-0.39, 0.29) is 17.9 Å². The molecule has 7 nitrogen and oxygen atoms in total. The molecule has 3 rings (SSSR count). The number of aromatic nitrogens is 3. The molecule has 0 radical (unpaired) electrons. The summed E-state index contributed by atoms with van der Waals surface area (Å²) in [5.74, 6) is 2.38. The van der Waals surface area contributed by atoms with Gasteiger partial charge in [-0.15, -0.1) is 0 Å². The Hall–Kier alpha value is -2.44. The summed E-state index contributed by atoms with van der Waals surface area (Å²) in [6, 6.07) is 3.98. The van der Waals surface area contributed by atoms with Crippen molar-refractivity contribution in [3.05, 3.63) is 24.2 Å². The van der Waals surface area contributed by atoms with Gasteiger partial charge in [0.05, 0.1) is 0 Å². The number of nitrogens with one attached hydrogen (secondary N) is 1. The van der Waals surface area contributed by atoms with E-state index in [1.165, 1.54) is 0 Å². The van der Waals surface area contributed by atoms with Crippen LogP contribution in [0.3, 0.4) is 0 Å². The summed E-state index contributed by atoms with van der Waals surface area (Å²) in [7, 11) is 0. The van der Waals surface area contributed by atoms with E-state index in [2.05, 4.69) is 20.4 Å². The van der Waals surface area contributed by atoms with Crippen LogP contribution in [0.15, 0.2) is 22.9 Å². The first-order valence-electron chi connectivity index (χ1n) is 8.41. The van der Waals surface area contributed by atoms with Gasteiger partial charge in [0.25, 0.3) is 5.89 Å². The Kier molecular flexibility index (Phi) is 4.78. The van der Waals surface area contributed by atoms with E-state index in [1.807, 2.05) is 37.8 Å². The highest BCUT2D eigenvalue weighted by Crippen LogP contribution is 2.23. The minimum atomic E-state index is 0.202. The van der Waals surface area contributed by atoms with Crippen molar-refractivity contribution >= 4 is 11.7 Å². The summed E-state index contributed by atoms with van der Waals surface area (Å²) in [6.45, 7) is 7.46. The normalized spacial score (nSPS) is 17.5. The summed E-state index contributed by atoms with van der Waals surface area (Å²) in [5, 5.41) is 7.39. The molecule has 1 atom stereocenters. The van der Waals surface area contributed by atoms with Gasteiger partial charge in [-0.1, -0.05) is 25.9 Å². The zero-order chi connectivity index (χ0) is 17.1. The van der Waals surface area contributed by atoms with Crippen LogP contribution >= 0.6 is 0 Å². The second-order valence-electron chi connectivity index (χ2n) is 6.37. The number of nitrogens with zero attached hydrogens (tertiary/aromatic N) is 4. The zero-order valence-electron chi connectivity index (χ0n) is 14.3. The average Bonchev–Trinajstić information content (AvgIpc) is 3.24. The molecule has 128 valence electrons. The predicted molar refractivity (Wildman–Crippen MR) is 90.5 cm³/mol. The Morgan fingerprint density at radius 2 is 2.33 bits per heavy atom. The summed E-state index contributed by atoms with van der Waals surface area (Å²) >= 11 is 0. The highest BCUT2D eigenvalue weighted by Gasteiger charge is 2.25. The molecule has 2 aromatic rings. The maximum absolute atomic E-state index is 11.8. The smallest absolute Gasteiger partial charge is 0.258 e. The van der Waals surface area contributed by atoms with Crippen LogP contribution in [0.25, 0.3) is 11.5 Å². The van der Waals surface area contributed by atoms with E-state index in [0.29, 0.717) is 18.1 Å². The van der Waals surface area contributed by atoms with Crippen LogP contribution in [0, 0.1) is 0 Å². The molecule has 24 heavy (non-hydrogen) atoms. The topological polar surface area (TPSA) is 84.2 Å². The van der Waals surface area contributed by atoms with Crippen LogP contribution in [0.5, 0.6) is 0 Å². The number of pyridine rings is 1. The number of carbonyl (C=O) groups is 1. The second-order valence-corrected chi connectivity index (χ2v) is 6.37. The van der Waals surface area contributed by atoms with E-state index in [1.54, 1.807) is 6.20 Å². The Labute approximate surface area is 141 Å². The van der Waals surface area contributed by atoms with E-state index >= 15 is 0 Å². The van der Waals surface area contributed by atoms with Gasteiger partial charge in [0.15, 0.2) is 5.82 Å². The summed E-state index contributed by atoms with van der Waals surface area (Å²) in [5.41, 5.74) is 0.839. The van der Waals surface area contributed by atoms with Crippen molar-refractivity contribution in [1.29, 1.82) is 0 Å². The van der Waals surface area contributed by atoms with Crippen LogP contribution in [0.2, 0.25) is 0 Å². The van der Waals surface area contributed by atoms with Crippen molar-refractivity contribution in [2.75, 3.05) is 18.4 Å². The molecule has 1 fully saturated rings. The van der Waals surface area contributed by atoms with Crippen molar-refractivity contribution in [2.24, 2.45) is 0 Å². The summed E-state index contributed by atoms with van der Waals surface area (Å²) < 4.78 is 5.33. The number of carbonyl (C=O) groups excluding carboxylic acids is 1. The number of anilines is 1. The fourth-order valence-electron chi connectivity index (χ4n) is 2.77. The molecule has 1 aliphatic rings. The fourth-order valence-corrected chi connectivity index (χ4v) is 2.77. The van der Waals surface area contributed by atoms with Crippen LogP contribution in [0.4, 0.5) is 5.82 Å². The number of rotatable bonds is 5. The monoisotopic (exact) mass is 329 g/mol. The summed E-state index contributed by atoms with van der Waals surface area (Å²) in [6.07, 6.45) is 3.20. The maximum Gasteiger partial charge on any atom is 0.258 e. The molecule has 1 amide bonds. The molecular formula is C17H23N5O2. The lowest BCUT2D eigenvalue weighted by Crippen LogP contribution is -2.31.